The molecule has 0 atom stereocenters. The molecule has 0 N–H and O–H groups in total. The Hall–Kier alpha value is -6.63. The van der Waals surface area contributed by atoms with Crippen LogP contribution in [0.25, 0.3) is 77.3 Å². The topological polar surface area (TPSA) is 71.8 Å². The first-order valence-electron chi connectivity index (χ1n) is 19.4. The molecule has 0 radical (unpaired) electrons. The van der Waals surface area contributed by atoms with Gasteiger partial charge in [-0.25, -0.2) is 19.8 Å². The maximum Gasteiger partial charge on any atom is 0.187 e. The predicted molar refractivity (Wildman–Crippen MR) is 219 cm³/mol. The monoisotopic (exact) mass is 708 g/mol. The Labute approximate surface area is 319 Å². The number of hydrogen-bond acceptors (Lipinski definition) is 4. The lowest BCUT2D eigenvalue weighted by Gasteiger charge is -2.57. The molecule has 4 saturated carbocycles. The molecular weight excluding hydrogens is 673 g/mol. The largest absolute Gasteiger partial charge is 0.309 e. The van der Waals surface area contributed by atoms with Gasteiger partial charge in [0, 0.05) is 33.2 Å². The number of hydrogen-bond donors (Lipinski definition) is 0. The lowest BCUT2D eigenvalue weighted by molar-refractivity contribution is -0.00518. The van der Waals surface area contributed by atoms with E-state index in [9.17, 15) is 5.26 Å². The van der Waals surface area contributed by atoms with E-state index >= 15 is 0 Å². The van der Waals surface area contributed by atoms with Crippen LogP contribution in [-0.2, 0) is 5.41 Å². The molecule has 4 aliphatic carbocycles. The molecule has 2 heterocycles. The van der Waals surface area contributed by atoms with Crippen molar-refractivity contribution in [3.8, 4) is 45.9 Å². The third-order valence-electron chi connectivity index (χ3n) is 12.8. The Kier molecular flexibility index (Phi) is 7.07. The van der Waals surface area contributed by atoms with Gasteiger partial charge in [0.2, 0.25) is 0 Å². The molecule has 4 bridgehead atoms. The molecular formula is C49H36N6. The maximum atomic E-state index is 9.95. The van der Waals surface area contributed by atoms with Gasteiger partial charge in [-0.1, -0.05) is 91.0 Å². The summed E-state index contributed by atoms with van der Waals surface area (Å²) in [6, 6.07) is 46.1. The minimum atomic E-state index is 0.324. The summed E-state index contributed by atoms with van der Waals surface area (Å²) in [5, 5.41) is 14.4. The second-order valence-electron chi connectivity index (χ2n) is 16.2. The number of rotatable bonds is 5. The zero-order chi connectivity index (χ0) is 36.7. The lowest BCUT2D eigenvalue weighted by Crippen LogP contribution is -2.48. The van der Waals surface area contributed by atoms with Gasteiger partial charge in [-0.05, 0) is 114 Å². The van der Waals surface area contributed by atoms with Crippen molar-refractivity contribution >= 4 is 38.3 Å². The Bertz CT molecular complexity index is 2890. The van der Waals surface area contributed by atoms with Gasteiger partial charge in [0.05, 0.1) is 29.2 Å². The van der Waals surface area contributed by atoms with Gasteiger partial charge in [-0.3, -0.25) is 0 Å². The Morgan fingerprint density at radius 2 is 1.16 bits per heavy atom. The van der Waals surface area contributed by atoms with Crippen molar-refractivity contribution in [1.29, 1.82) is 5.26 Å². The van der Waals surface area contributed by atoms with Crippen LogP contribution in [-0.4, -0.2) is 19.5 Å². The molecule has 6 aromatic carbocycles. The molecule has 2 aromatic heterocycles. The minimum absolute atomic E-state index is 0.324. The fourth-order valence-electron chi connectivity index (χ4n) is 10.7. The number of aromatic nitrogens is 4. The summed E-state index contributed by atoms with van der Waals surface area (Å²) in [5.74, 6) is 4.37. The molecule has 8 aromatic rings. The molecule has 0 saturated heterocycles. The van der Waals surface area contributed by atoms with Crippen molar-refractivity contribution in [2.24, 2.45) is 17.8 Å². The average Bonchev–Trinajstić information content (AvgIpc) is 3.55. The van der Waals surface area contributed by atoms with Gasteiger partial charge in [-0.2, -0.15) is 5.26 Å². The van der Waals surface area contributed by atoms with Crippen molar-refractivity contribution in [1.82, 2.24) is 19.5 Å². The second-order valence-corrected chi connectivity index (χ2v) is 16.2. The smallest absolute Gasteiger partial charge is 0.187 e. The quantitative estimate of drug-likeness (QED) is 0.167. The Morgan fingerprint density at radius 3 is 1.82 bits per heavy atom. The molecule has 6 nitrogen and oxygen atoms in total. The Morgan fingerprint density at radius 1 is 0.600 bits per heavy atom. The van der Waals surface area contributed by atoms with Gasteiger partial charge in [0.25, 0.3) is 0 Å². The first-order chi connectivity index (χ1) is 27.0. The predicted octanol–water partition coefficient (Wildman–Crippen LogP) is 12.0. The van der Waals surface area contributed by atoms with Gasteiger partial charge in [-0.15, -0.1) is 0 Å². The van der Waals surface area contributed by atoms with Gasteiger partial charge in [0.15, 0.2) is 23.2 Å². The third kappa shape index (κ3) is 5.24. The molecule has 0 amide bonds. The van der Waals surface area contributed by atoms with E-state index in [1.807, 2.05) is 36.4 Å². The maximum absolute atomic E-state index is 9.95. The molecule has 4 fully saturated rings. The van der Waals surface area contributed by atoms with E-state index in [0.29, 0.717) is 34.1 Å². The molecule has 0 spiro atoms. The molecule has 0 unspecified atom stereocenters. The first-order valence-corrected chi connectivity index (χ1v) is 19.4. The summed E-state index contributed by atoms with van der Waals surface area (Å²) >= 11 is 0. The van der Waals surface area contributed by atoms with Crippen LogP contribution in [0.5, 0.6) is 0 Å². The zero-order valence-electron chi connectivity index (χ0n) is 30.3. The summed E-state index contributed by atoms with van der Waals surface area (Å²) in [5.41, 5.74) is 8.71. The summed E-state index contributed by atoms with van der Waals surface area (Å²) in [6.07, 6.45) is 8.31. The number of benzene rings is 6. The molecule has 0 aliphatic heterocycles. The van der Waals surface area contributed by atoms with Crippen molar-refractivity contribution in [3.63, 3.8) is 0 Å². The van der Waals surface area contributed by atoms with E-state index < -0.39 is 0 Å². The van der Waals surface area contributed by atoms with E-state index in [1.165, 1.54) is 44.1 Å². The van der Waals surface area contributed by atoms with Gasteiger partial charge >= 0.3 is 0 Å². The fraction of sp³-hybridized carbons (Fsp3) is 0.204. The highest BCUT2D eigenvalue weighted by Gasteiger charge is 2.51. The van der Waals surface area contributed by atoms with Crippen molar-refractivity contribution in [2.45, 2.75) is 43.9 Å². The van der Waals surface area contributed by atoms with Crippen LogP contribution < -0.4 is 0 Å². The highest BCUT2D eigenvalue weighted by Crippen LogP contribution is 2.60. The van der Waals surface area contributed by atoms with E-state index in [0.717, 1.165) is 72.7 Å². The third-order valence-corrected chi connectivity index (χ3v) is 12.8. The van der Waals surface area contributed by atoms with E-state index in [-0.39, 0.29) is 0 Å². The second kappa shape index (κ2) is 12.2. The van der Waals surface area contributed by atoms with Gasteiger partial charge in [0.1, 0.15) is 0 Å². The van der Waals surface area contributed by atoms with Crippen molar-refractivity contribution in [2.75, 3.05) is 0 Å². The SMILES string of the molecule is [C-]#[N+]c1ccc(-c2nc(-c3ccc4ccccc4c3)nc(-c3ccc4c5ccc(C#N)cc5n(-c5ccc(C67CC8CC(CC(C8)C6)C7)cc5)c4c3)n2)cc1. The van der Waals surface area contributed by atoms with Crippen LogP contribution >= 0.6 is 0 Å². The standard InChI is InChI=1S/C49H36N6/c1-51-40-14-9-35(10-15-40)46-52-47(37-8-7-34-4-2-3-5-36(34)24-37)54-48(53-46)38-11-19-43-42-18-6-30(29-50)23-44(42)55(45(43)25-38)41-16-12-39(13-17-41)49-26-31-20-32(27-49)22-33(21-31)28-49/h2-19,23-25,31-33H,20-22,26-28H2. The number of nitrogens with zero attached hydrogens (tertiary/aromatic N) is 6. The minimum Gasteiger partial charge on any atom is -0.309 e. The van der Waals surface area contributed by atoms with Crippen LogP contribution in [0.3, 0.4) is 0 Å². The molecule has 6 heteroatoms. The number of fused-ring (bicyclic) bond motifs is 4. The van der Waals surface area contributed by atoms with E-state index in [1.54, 1.807) is 12.1 Å². The van der Waals surface area contributed by atoms with Crippen molar-refractivity contribution < 1.29 is 0 Å². The van der Waals surface area contributed by atoms with E-state index in [4.69, 9.17) is 21.5 Å². The highest BCUT2D eigenvalue weighted by molar-refractivity contribution is 6.10. The van der Waals surface area contributed by atoms with Crippen LogP contribution in [0, 0.1) is 35.7 Å². The normalized spacial score (nSPS) is 21.2. The van der Waals surface area contributed by atoms with Crippen LogP contribution in [0.1, 0.15) is 49.7 Å². The average molecular weight is 709 g/mol. The van der Waals surface area contributed by atoms with Gasteiger partial charge < -0.3 is 4.57 Å². The first kappa shape index (κ1) is 31.9. The molecule has 262 valence electrons. The van der Waals surface area contributed by atoms with E-state index in [2.05, 4.69) is 94.3 Å². The molecule has 4 aliphatic rings. The Balaban J connectivity index is 1.07. The van der Waals surface area contributed by atoms with Crippen LogP contribution in [0.2, 0.25) is 0 Å². The van der Waals surface area contributed by atoms with Crippen LogP contribution in [0.15, 0.2) is 127 Å². The van der Waals surface area contributed by atoms with Crippen LogP contribution in [0.4, 0.5) is 5.69 Å². The van der Waals surface area contributed by atoms with Crippen molar-refractivity contribution in [3.05, 3.63) is 150 Å². The summed E-state index contributed by atoms with van der Waals surface area (Å²) in [7, 11) is 0. The summed E-state index contributed by atoms with van der Waals surface area (Å²) in [6.45, 7) is 7.45. The highest BCUT2D eigenvalue weighted by atomic mass is 15.0. The summed E-state index contributed by atoms with van der Waals surface area (Å²) < 4.78 is 2.30. The number of nitriles is 1. The lowest BCUT2D eigenvalue weighted by atomic mass is 9.48. The fourth-order valence-corrected chi connectivity index (χ4v) is 10.7. The molecule has 12 rings (SSSR count). The zero-order valence-corrected chi connectivity index (χ0v) is 30.3. The molecule has 55 heavy (non-hydrogen) atoms. The summed E-state index contributed by atoms with van der Waals surface area (Å²) in [4.78, 5) is 18.7.